The Morgan fingerprint density at radius 3 is 1.64 bits per heavy atom. The van der Waals surface area contributed by atoms with E-state index in [1.807, 2.05) is 0 Å². The first kappa shape index (κ1) is 20.6. The molecule has 0 saturated carbocycles. The SMILES string of the molecule is C=C(C)C(=O)OCCOC(OCCOC(=O)C(=C)C)[SiH2]CC. The van der Waals surface area contributed by atoms with E-state index in [0.717, 1.165) is 6.04 Å². The van der Waals surface area contributed by atoms with Gasteiger partial charge in [-0.15, -0.1) is 0 Å². The van der Waals surface area contributed by atoms with Gasteiger partial charge in [-0.2, -0.15) is 0 Å². The molecule has 0 heterocycles. The lowest BCUT2D eigenvalue weighted by Crippen LogP contribution is -2.28. The highest BCUT2D eigenvalue weighted by Gasteiger charge is 2.10. The number of hydrogen-bond acceptors (Lipinski definition) is 6. The van der Waals surface area contributed by atoms with Crippen molar-refractivity contribution in [2.24, 2.45) is 0 Å². The standard InChI is InChI=1S/C15H26O6Si/c1-6-22-15(20-9-7-18-13(16)11(2)3)21-10-8-19-14(17)12(4)5/h15H,2,4,6-10,22H2,1,3,5H3. The topological polar surface area (TPSA) is 71.1 Å². The molecule has 0 aliphatic rings. The molecule has 22 heavy (non-hydrogen) atoms. The second kappa shape index (κ2) is 12.1. The third-order valence-electron chi connectivity index (χ3n) is 2.46. The van der Waals surface area contributed by atoms with Crippen LogP contribution in [0.25, 0.3) is 0 Å². The van der Waals surface area contributed by atoms with Crippen molar-refractivity contribution in [2.75, 3.05) is 26.4 Å². The first-order valence-electron chi connectivity index (χ1n) is 7.27. The summed E-state index contributed by atoms with van der Waals surface area (Å²) in [7, 11) is -0.551. The van der Waals surface area contributed by atoms with Gasteiger partial charge in [-0.25, -0.2) is 9.59 Å². The van der Waals surface area contributed by atoms with Crippen LogP contribution in [0.15, 0.2) is 24.3 Å². The number of ether oxygens (including phenoxy) is 4. The maximum atomic E-state index is 11.2. The first-order chi connectivity index (χ1) is 10.4. The van der Waals surface area contributed by atoms with Gasteiger partial charge in [0, 0.05) is 11.1 Å². The van der Waals surface area contributed by atoms with Gasteiger partial charge in [0.05, 0.1) is 22.7 Å². The molecular formula is C15H26O6Si. The molecule has 0 aliphatic carbocycles. The molecule has 0 spiro atoms. The molecular weight excluding hydrogens is 304 g/mol. The highest BCUT2D eigenvalue weighted by molar-refractivity contribution is 6.36. The van der Waals surface area contributed by atoms with Gasteiger partial charge in [-0.3, -0.25) is 0 Å². The molecule has 0 aromatic rings. The minimum Gasteiger partial charge on any atom is -0.460 e. The Hall–Kier alpha value is -1.44. The highest BCUT2D eigenvalue weighted by atomic mass is 28.2. The van der Waals surface area contributed by atoms with Crippen molar-refractivity contribution in [1.29, 1.82) is 0 Å². The zero-order valence-corrected chi connectivity index (χ0v) is 15.1. The van der Waals surface area contributed by atoms with E-state index >= 15 is 0 Å². The second-order valence-electron chi connectivity index (χ2n) is 4.79. The number of rotatable bonds is 12. The zero-order valence-electron chi connectivity index (χ0n) is 13.7. The van der Waals surface area contributed by atoms with E-state index in [1.54, 1.807) is 13.8 Å². The van der Waals surface area contributed by atoms with E-state index in [0.29, 0.717) is 11.1 Å². The van der Waals surface area contributed by atoms with Gasteiger partial charge in [-0.05, 0) is 13.8 Å². The van der Waals surface area contributed by atoms with E-state index in [9.17, 15) is 9.59 Å². The van der Waals surface area contributed by atoms with Crippen LogP contribution in [0.5, 0.6) is 0 Å². The lowest BCUT2D eigenvalue weighted by Gasteiger charge is -2.18. The van der Waals surface area contributed by atoms with E-state index in [1.165, 1.54) is 0 Å². The van der Waals surface area contributed by atoms with Gasteiger partial charge in [0.1, 0.15) is 19.1 Å². The average Bonchev–Trinajstić information content (AvgIpc) is 2.46. The van der Waals surface area contributed by atoms with Crippen LogP contribution >= 0.6 is 0 Å². The van der Waals surface area contributed by atoms with Crippen molar-refractivity contribution in [1.82, 2.24) is 0 Å². The average molecular weight is 330 g/mol. The smallest absolute Gasteiger partial charge is 0.333 e. The summed E-state index contributed by atoms with van der Waals surface area (Å²) in [5.74, 6) is -1.14. The van der Waals surface area contributed by atoms with E-state index in [-0.39, 0.29) is 32.3 Å². The van der Waals surface area contributed by atoms with Crippen LogP contribution in [0.2, 0.25) is 6.04 Å². The summed E-state index contributed by atoms with van der Waals surface area (Å²) in [6.07, 6.45) is 0. The number of hydrogen-bond donors (Lipinski definition) is 0. The van der Waals surface area contributed by atoms with Crippen molar-refractivity contribution in [2.45, 2.75) is 32.7 Å². The molecule has 126 valence electrons. The van der Waals surface area contributed by atoms with Crippen molar-refractivity contribution >= 4 is 21.5 Å². The summed E-state index contributed by atoms with van der Waals surface area (Å²) < 4.78 is 20.9. The summed E-state index contributed by atoms with van der Waals surface area (Å²) in [5, 5.41) is 0. The van der Waals surface area contributed by atoms with Crippen LogP contribution in [-0.2, 0) is 28.5 Å². The van der Waals surface area contributed by atoms with E-state index < -0.39 is 21.5 Å². The maximum absolute atomic E-state index is 11.2. The summed E-state index contributed by atoms with van der Waals surface area (Å²) >= 11 is 0. The molecule has 0 N–H and O–H groups in total. The van der Waals surface area contributed by atoms with Gasteiger partial charge in [0.15, 0.2) is 0 Å². The third-order valence-corrected chi connectivity index (χ3v) is 3.98. The fourth-order valence-electron chi connectivity index (χ4n) is 1.32. The van der Waals surface area contributed by atoms with Crippen LogP contribution in [0.4, 0.5) is 0 Å². The molecule has 0 aliphatic heterocycles. The molecule has 0 aromatic heterocycles. The Morgan fingerprint density at radius 1 is 0.909 bits per heavy atom. The summed E-state index contributed by atoms with van der Waals surface area (Å²) in [6.45, 7) is 13.1. The normalized spacial score (nSPS) is 10.9. The van der Waals surface area contributed by atoms with Gasteiger partial charge in [-0.1, -0.05) is 26.1 Å². The lowest BCUT2D eigenvalue weighted by molar-refractivity contribution is -0.149. The molecule has 0 saturated heterocycles. The van der Waals surface area contributed by atoms with Crippen molar-refractivity contribution in [3.8, 4) is 0 Å². The molecule has 7 heteroatoms. The fourth-order valence-corrected chi connectivity index (χ4v) is 2.46. The molecule has 0 amide bonds. The Kier molecular flexibility index (Phi) is 11.3. The monoisotopic (exact) mass is 330 g/mol. The molecule has 0 radical (unpaired) electrons. The molecule has 0 aromatic carbocycles. The number of esters is 2. The Labute approximate surface area is 134 Å². The van der Waals surface area contributed by atoms with Crippen LogP contribution in [0.3, 0.4) is 0 Å². The quantitative estimate of drug-likeness (QED) is 0.176. The predicted octanol–water partition coefficient (Wildman–Crippen LogP) is 1.15. The molecule has 6 nitrogen and oxygen atoms in total. The van der Waals surface area contributed by atoms with Gasteiger partial charge < -0.3 is 18.9 Å². The van der Waals surface area contributed by atoms with Crippen molar-refractivity contribution in [3.63, 3.8) is 0 Å². The minimum atomic E-state index is -0.551. The predicted molar refractivity (Wildman–Crippen MR) is 86.3 cm³/mol. The van der Waals surface area contributed by atoms with Crippen LogP contribution in [0, 0.1) is 0 Å². The summed E-state index contributed by atoms with van der Waals surface area (Å²) in [6, 6.07) is 1.02. The fraction of sp³-hybridized carbons (Fsp3) is 0.600. The Bertz CT molecular complexity index is 359. The summed E-state index contributed by atoms with van der Waals surface area (Å²) in [4.78, 5) is 22.4. The second-order valence-corrected chi connectivity index (χ2v) is 7.04. The Balaban J connectivity index is 3.86. The summed E-state index contributed by atoms with van der Waals surface area (Å²) in [5.41, 5.74) is 0.713. The van der Waals surface area contributed by atoms with Gasteiger partial charge >= 0.3 is 11.9 Å². The molecule has 0 atom stereocenters. The largest absolute Gasteiger partial charge is 0.460 e. The van der Waals surface area contributed by atoms with Crippen LogP contribution < -0.4 is 0 Å². The van der Waals surface area contributed by atoms with E-state index in [4.69, 9.17) is 18.9 Å². The molecule has 0 rings (SSSR count). The zero-order chi connectivity index (χ0) is 17.0. The Morgan fingerprint density at radius 2 is 1.32 bits per heavy atom. The minimum absolute atomic E-state index is 0.161. The molecule has 0 unspecified atom stereocenters. The number of carbonyl (C=O) groups excluding carboxylic acids is 2. The van der Waals surface area contributed by atoms with Gasteiger partial charge in [0.2, 0.25) is 0 Å². The van der Waals surface area contributed by atoms with E-state index in [2.05, 4.69) is 20.1 Å². The first-order valence-corrected chi connectivity index (χ1v) is 9.08. The van der Waals surface area contributed by atoms with Crippen molar-refractivity contribution < 1.29 is 28.5 Å². The van der Waals surface area contributed by atoms with Crippen LogP contribution in [-0.4, -0.2) is 53.8 Å². The van der Waals surface area contributed by atoms with Crippen LogP contribution in [0.1, 0.15) is 20.8 Å². The van der Waals surface area contributed by atoms with Gasteiger partial charge in [0.25, 0.3) is 0 Å². The van der Waals surface area contributed by atoms with Crippen molar-refractivity contribution in [3.05, 3.63) is 24.3 Å². The number of carbonyl (C=O) groups is 2. The molecule has 0 fully saturated rings. The maximum Gasteiger partial charge on any atom is 0.333 e. The highest BCUT2D eigenvalue weighted by Crippen LogP contribution is 1.99. The lowest BCUT2D eigenvalue weighted by atomic mass is 10.4. The molecule has 0 bridgehead atoms. The third kappa shape index (κ3) is 10.3.